The number of halogens is 1. The molecule has 1 aromatic heterocycles. The van der Waals surface area contributed by atoms with Gasteiger partial charge in [-0.15, -0.1) is 0 Å². The molecule has 0 aliphatic carbocycles. The highest BCUT2D eigenvalue weighted by atomic mass is 35.5. The lowest BCUT2D eigenvalue weighted by Gasteiger charge is -2.32. The van der Waals surface area contributed by atoms with E-state index in [1.165, 1.54) is 0 Å². The highest BCUT2D eigenvalue weighted by Gasteiger charge is 2.25. The van der Waals surface area contributed by atoms with Crippen LogP contribution in [-0.4, -0.2) is 39.8 Å². The number of aryl methyl sites for hydroxylation is 2. The van der Waals surface area contributed by atoms with Crippen molar-refractivity contribution in [2.24, 2.45) is 5.92 Å². The molecule has 2 aliphatic heterocycles. The molecule has 3 N–H and O–H groups in total. The fourth-order valence-corrected chi connectivity index (χ4v) is 5.74. The van der Waals surface area contributed by atoms with Gasteiger partial charge in [-0.2, -0.15) is 4.98 Å². The van der Waals surface area contributed by atoms with Crippen molar-refractivity contribution in [3.63, 3.8) is 0 Å². The molecule has 0 atom stereocenters. The summed E-state index contributed by atoms with van der Waals surface area (Å²) >= 11 is 6.39. The topological polar surface area (TPSA) is 99.3 Å². The molecule has 0 unspecified atom stereocenters. The number of amides is 2. The van der Waals surface area contributed by atoms with Gasteiger partial charge >= 0.3 is 0 Å². The van der Waals surface area contributed by atoms with Crippen molar-refractivity contribution in [3.8, 4) is 0 Å². The summed E-state index contributed by atoms with van der Waals surface area (Å²) in [6.07, 6.45) is 5.63. The van der Waals surface area contributed by atoms with Crippen molar-refractivity contribution in [2.75, 3.05) is 29.0 Å². The molecule has 4 aromatic rings. The number of carbonyl (C=O) groups is 2. The van der Waals surface area contributed by atoms with Crippen LogP contribution in [0.3, 0.4) is 0 Å². The first-order valence-corrected chi connectivity index (χ1v) is 14.8. The summed E-state index contributed by atoms with van der Waals surface area (Å²) in [6.45, 7) is 1.38. The second-order valence-electron chi connectivity index (χ2n) is 11.0. The van der Waals surface area contributed by atoms with E-state index in [4.69, 9.17) is 11.6 Å². The van der Waals surface area contributed by atoms with Crippen LogP contribution in [0.4, 0.5) is 28.8 Å². The van der Waals surface area contributed by atoms with Crippen LogP contribution in [0.2, 0.25) is 5.02 Å². The Hall–Kier alpha value is -4.43. The number of nitrogens with zero attached hydrogens (tertiary/aromatic N) is 3. The molecule has 0 spiro atoms. The largest absolute Gasteiger partial charge is 0.342 e. The van der Waals surface area contributed by atoms with Crippen LogP contribution in [0, 0.1) is 5.92 Å². The Morgan fingerprint density at radius 1 is 0.929 bits per heavy atom. The van der Waals surface area contributed by atoms with E-state index in [1.807, 2.05) is 65.6 Å². The number of hydrogen-bond donors (Lipinski definition) is 3. The number of nitrogens with one attached hydrogen (secondary N) is 3. The summed E-state index contributed by atoms with van der Waals surface area (Å²) in [7, 11) is 0. The predicted molar refractivity (Wildman–Crippen MR) is 167 cm³/mol. The first-order chi connectivity index (χ1) is 20.5. The lowest BCUT2D eigenvalue weighted by Crippen LogP contribution is -2.40. The van der Waals surface area contributed by atoms with Crippen LogP contribution in [-0.2, 0) is 28.9 Å². The maximum Gasteiger partial charge on any atom is 0.229 e. The molecule has 2 aliphatic rings. The Balaban J connectivity index is 1.11. The average Bonchev–Trinajstić information content (AvgIpc) is 3.00. The van der Waals surface area contributed by atoms with Gasteiger partial charge in [-0.05, 0) is 78.6 Å². The first kappa shape index (κ1) is 27.7. The van der Waals surface area contributed by atoms with Crippen molar-refractivity contribution in [1.82, 2.24) is 14.9 Å². The maximum absolute atomic E-state index is 13.2. The van der Waals surface area contributed by atoms with Crippen LogP contribution in [0.25, 0.3) is 0 Å². The van der Waals surface area contributed by atoms with E-state index in [-0.39, 0.29) is 17.7 Å². The van der Waals surface area contributed by atoms with Gasteiger partial charge in [0.2, 0.25) is 17.8 Å². The number of benzene rings is 3. The molecule has 42 heavy (non-hydrogen) atoms. The lowest BCUT2D eigenvalue weighted by atomic mass is 9.92. The predicted octanol–water partition coefficient (Wildman–Crippen LogP) is 6.53. The summed E-state index contributed by atoms with van der Waals surface area (Å²) in [5.41, 5.74) is 5.75. The van der Waals surface area contributed by atoms with Gasteiger partial charge < -0.3 is 20.9 Å². The molecule has 6 bridgehead atoms. The van der Waals surface area contributed by atoms with Crippen LogP contribution < -0.4 is 16.0 Å². The third kappa shape index (κ3) is 6.89. The average molecular weight is 581 g/mol. The van der Waals surface area contributed by atoms with Gasteiger partial charge in [0, 0.05) is 36.6 Å². The Labute approximate surface area is 250 Å². The van der Waals surface area contributed by atoms with Gasteiger partial charge in [0.1, 0.15) is 5.02 Å². The van der Waals surface area contributed by atoms with E-state index in [1.54, 1.807) is 6.20 Å². The minimum atomic E-state index is -0.00128. The molecule has 0 radical (unpaired) electrons. The van der Waals surface area contributed by atoms with E-state index in [9.17, 15) is 9.59 Å². The number of piperidine rings is 1. The summed E-state index contributed by atoms with van der Waals surface area (Å²) in [6, 6.07) is 23.9. The van der Waals surface area contributed by atoms with E-state index in [2.05, 4.69) is 38.1 Å². The molecule has 9 heteroatoms. The van der Waals surface area contributed by atoms with Gasteiger partial charge in [-0.25, -0.2) is 4.98 Å². The smallest absolute Gasteiger partial charge is 0.229 e. The molecule has 6 rings (SSSR count). The minimum absolute atomic E-state index is 0.00128. The van der Waals surface area contributed by atoms with Gasteiger partial charge in [0.25, 0.3) is 0 Å². The SMILES string of the molecule is O=C(CC1CCN(C(=O)Cc2ccccc2)CC1)Nc1ccc2cc1CCc1cccc(c1)Nc1ncc(Cl)c(n1)N2. The number of carbonyl (C=O) groups excluding carboxylic acids is 2. The second-order valence-corrected chi connectivity index (χ2v) is 11.4. The van der Waals surface area contributed by atoms with Gasteiger partial charge in [0.05, 0.1) is 12.6 Å². The standard InChI is InChI=1S/C33H33ClN6O2/c34-28-21-35-33-37-26-8-4-7-23(17-26)9-10-25-20-27(36-32(28)39-33)11-12-29(25)38-30(41)18-24-13-15-40(16-14-24)31(42)19-22-5-2-1-3-6-22/h1-8,11-12,17,20-21,24H,9-10,13-16,18-19H2,(H,38,41)(H2,35,36,37,39). The summed E-state index contributed by atoms with van der Waals surface area (Å²) in [4.78, 5) is 36.7. The summed E-state index contributed by atoms with van der Waals surface area (Å²) < 4.78 is 0. The van der Waals surface area contributed by atoms with Crippen molar-refractivity contribution >= 4 is 52.2 Å². The van der Waals surface area contributed by atoms with E-state index < -0.39 is 0 Å². The van der Waals surface area contributed by atoms with Crippen LogP contribution in [0.5, 0.6) is 0 Å². The number of hydrogen-bond acceptors (Lipinski definition) is 6. The molecule has 1 saturated heterocycles. The highest BCUT2D eigenvalue weighted by Crippen LogP contribution is 2.30. The Kier molecular flexibility index (Phi) is 8.33. The Bertz CT molecular complexity index is 1590. The third-order valence-electron chi connectivity index (χ3n) is 7.89. The zero-order valence-electron chi connectivity index (χ0n) is 23.3. The molecule has 3 aromatic carbocycles. The summed E-state index contributed by atoms with van der Waals surface area (Å²) in [5.74, 6) is 1.35. The zero-order chi connectivity index (χ0) is 28.9. The molecule has 214 valence electrons. The normalized spacial score (nSPS) is 14.8. The second kappa shape index (κ2) is 12.6. The van der Waals surface area contributed by atoms with E-state index in [0.29, 0.717) is 42.7 Å². The van der Waals surface area contributed by atoms with Crippen molar-refractivity contribution in [2.45, 2.75) is 38.5 Å². The highest BCUT2D eigenvalue weighted by molar-refractivity contribution is 6.32. The van der Waals surface area contributed by atoms with Crippen LogP contribution >= 0.6 is 11.6 Å². The van der Waals surface area contributed by atoms with Gasteiger partial charge in [-0.1, -0.05) is 54.1 Å². The monoisotopic (exact) mass is 580 g/mol. The molecule has 1 fully saturated rings. The van der Waals surface area contributed by atoms with Crippen molar-refractivity contribution in [3.05, 3.63) is 101 Å². The quantitative estimate of drug-likeness (QED) is 0.248. The maximum atomic E-state index is 13.2. The fraction of sp³-hybridized carbons (Fsp3) is 0.273. The number of anilines is 5. The van der Waals surface area contributed by atoms with E-state index in [0.717, 1.165) is 59.4 Å². The van der Waals surface area contributed by atoms with Crippen molar-refractivity contribution in [1.29, 1.82) is 0 Å². The number of fused-ring (bicyclic) bond motifs is 6. The summed E-state index contributed by atoms with van der Waals surface area (Å²) in [5, 5.41) is 10.1. The molecular weight excluding hydrogens is 548 g/mol. The molecule has 3 heterocycles. The number of aromatic nitrogens is 2. The number of rotatable bonds is 5. The molecular formula is C33H33ClN6O2. The minimum Gasteiger partial charge on any atom is -0.342 e. The first-order valence-electron chi connectivity index (χ1n) is 14.4. The van der Waals surface area contributed by atoms with Crippen LogP contribution in [0.15, 0.2) is 79.0 Å². The lowest BCUT2D eigenvalue weighted by molar-refractivity contribution is -0.131. The van der Waals surface area contributed by atoms with E-state index >= 15 is 0 Å². The zero-order valence-corrected chi connectivity index (χ0v) is 24.0. The van der Waals surface area contributed by atoms with Crippen molar-refractivity contribution < 1.29 is 9.59 Å². The van der Waals surface area contributed by atoms with Crippen LogP contribution in [0.1, 0.15) is 36.0 Å². The molecule has 0 saturated carbocycles. The third-order valence-corrected chi connectivity index (χ3v) is 8.17. The van der Waals surface area contributed by atoms with Gasteiger partial charge in [-0.3, -0.25) is 9.59 Å². The molecule has 8 nitrogen and oxygen atoms in total. The number of likely N-dealkylation sites (tertiary alicyclic amines) is 1. The van der Waals surface area contributed by atoms with Gasteiger partial charge in [0.15, 0.2) is 5.82 Å². The fourth-order valence-electron chi connectivity index (χ4n) is 5.60. The molecule has 2 amide bonds. The Morgan fingerprint density at radius 2 is 1.74 bits per heavy atom. The Morgan fingerprint density at radius 3 is 2.57 bits per heavy atom.